The SMILES string of the molecule is C=Cc1ccccc1O.O=C(OOC(=O)c1ccccc1)c1ccccc1. The molecule has 3 aromatic rings. The Morgan fingerprint density at radius 2 is 1.11 bits per heavy atom. The van der Waals surface area contributed by atoms with E-state index in [2.05, 4.69) is 16.4 Å². The molecule has 0 aromatic heterocycles. The second-order valence-corrected chi connectivity index (χ2v) is 5.24. The van der Waals surface area contributed by atoms with Crippen LogP contribution in [-0.4, -0.2) is 17.0 Å². The number of hydrogen-bond donors (Lipinski definition) is 1. The second kappa shape index (κ2) is 10.2. The van der Waals surface area contributed by atoms with Gasteiger partial charge < -0.3 is 5.11 Å². The summed E-state index contributed by atoms with van der Waals surface area (Å²) in [5, 5.41) is 9.04. The maximum Gasteiger partial charge on any atom is 0.386 e. The maximum absolute atomic E-state index is 11.5. The molecule has 0 saturated carbocycles. The molecule has 27 heavy (non-hydrogen) atoms. The van der Waals surface area contributed by atoms with Gasteiger partial charge in [-0.1, -0.05) is 67.3 Å². The summed E-state index contributed by atoms with van der Waals surface area (Å²) >= 11 is 0. The van der Waals surface area contributed by atoms with Crippen molar-refractivity contribution in [2.75, 3.05) is 0 Å². The van der Waals surface area contributed by atoms with Gasteiger partial charge in [0.1, 0.15) is 5.75 Å². The number of phenolic OH excluding ortho intramolecular Hbond substituents is 1. The molecule has 0 spiro atoms. The number of benzene rings is 3. The monoisotopic (exact) mass is 362 g/mol. The van der Waals surface area contributed by atoms with Gasteiger partial charge in [-0.15, -0.1) is 0 Å². The van der Waals surface area contributed by atoms with Gasteiger partial charge in [-0.2, -0.15) is 0 Å². The van der Waals surface area contributed by atoms with Crippen LogP contribution in [0.5, 0.6) is 5.75 Å². The third-order valence-electron chi connectivity index (χ3n) is 3.37. The van der Waals surface area contributed by atoms with Crippen LogP contribution in [0.3, 0.4) is 0 Å². The van der Waals surface area contributed by atoms with Gasteiger partial charge in [-0.25, -0.2) is 19.4 Å². The fraction of sp³-hybridized carbons (Fsp3) is 0. The third-order valence-corrected chi connectivity index (χ3v) is 3.37. The summed E-state index contributed by atoms with van der Waals surface area (Å²) in [5.74, 6) is -1.13. The van der Waals surface area contributed by atoms with Gasteiger partial charge in [0, 0.05) is 5.56 Å². The molecule has 3 aromatic carbocycles. The lowest BCUT2D eigenvalue weighted by molar-refractivity contribution is -0.187. The average molecular weight is 362 g/mol. The first-order valence-corrected chi connectivity index (χ1v) is 8.05. The van der Waals surface area contributed by atoms with Gasteiger partial charge in [0.15, 0.2) is 0 Å². The Balaban J connectivity index is 0.000000244. The Bertz CT molecular complexity index is 837. The Hall–Kier alpha value is -3.86. The second-order valence-electron chi connectivity index (χ2n) is 5.24. The fourth-order valence-electron chi connectivity index (χ4n) is 1.98. The Kier molecular flexibility index (Phi) is 7.36. The van der Waals surface area contributed by atoms with Crippen LogP contribution in [-0.2, 0) is 9.78 Å². The van der Waals surface area contributed by atoms with E-state index in [0.29, 0.717) is 11.1 Å². The average Bonchev–Trinajstić information content (AvgIpc) is 2.74. The summed E-state index contributed by atoms with van der Waals surface area (Å²) < 4.78 is 0. The molecule has 5 heteroatoms. The minimum absolute atomic E-state index is 0.285. The number of carbonyl (C=O) groups is 2. The van der Waals surface area contributed by atoms with Crippen LogP contribution in [0.2, 0.25) is 0 Å². The van der Waals surface area contributed by atoms with Crippen LogP contribution in [0.4, 0.5) is 0 Å². The topological polar surface area (TPSA) is 72.8 Å². The lowest BCUT2D eigenvalue weighted by Gasteiger charge is -2.02. The van der Waals surface area contributed by atoms with Gasteiger partial charge >= 0.3 is 11.9 Å². The Labute approximate surface area is 157 Å². The lowest BCUT2D eigenvalue weighted by Crippen LogP contribution is -2.11. The van der Waals surface area contributed by atoms with Crippen molar-refractivity contribution >= 4 is 18.0 Å². The molecule has 0 saturated heterocycles. The summed E-state index contributed by atoms with van der Waals surface area (Å²) in [6.45, 7) is 3.53. The van der Waals surface area contributed by atoms with Gasteiger partial charge in [-0.3, -0.25) is 0 Å². The van der Waals surface area contributed by atoms with E-state index in [-0.39, 0.29) is 5.75 Å². The van der Waals surface area contributed by atoms with Gasteiger partial charge in [0.25, 0.3) is 0 Å². The predicted octanol–water partition coefficient (Wildman–Crippen LogP) is 4.65. The van der Waals surface area contributed by atoms with Crippen LogP contribution in [0.25, 0.3) is 6.08 Å². The van der Waals surface area contributed by atoms with E-state index in [4.69, 9.17) is 5.11 Å². The first-order chi connectivity index (χ1) is 13.1. The number of aromatic hydroxyl groups is 1. The zero-order valence-corrected chi connectivity index (χ0v) is 14.4. The molecule has 0 aliphatic heterocycles. The first-order valence-electron chi connectivity index (χ1n) is 8.05. The normalized spacial score (nSPS) is 9.33. The minimum Gasteiger partial charge on any atom is -0.507 e. The Morgan fingerprint density at radius 3 is 1.48 bits per heavy atom. The first kappa shape index (κ1) is 19.5. The van der Waals surface area contributed by atoms with Gasteiger partial charge in [0.05, 0.1) is 11.1 Å². The Morgan fingerprint density at radius 1 is 0.704 bits per heavy atom. The highest BCUT2D eigenvalue weighted by atomic mass is 17.2. The number of hydrogen-bond acceptors (Lipinski definition) is 5. The van der Waals surface area contributed by atoms with Crippen molar-refractivity contribution in [3.8, 4) is 5.75 Å². The van der Waals surface area contributed by atoms with Crippen molar-refractivity contribution in [3.05, 3.63) is 108 Å². The zero-order valence-electron chi connectivity index (χ0n) is 14.4. The third kappa shape index (κ3) is 6.17. The van der Waals surface area contributed by atoms with E-state index in [1.54, 1.807) is 78.9 Å². The van der Waals surface area contributed by atoms with E-state index in [1.165, 1.54) is 0 Å². The number of rotatable bonds is 3. The number of para-hydroxylation sites is 1. The zero-order chi connectivity index (χ0) is 19.5. The molecule has 0 bridgehead atoms. The molecular formula is C22H18O5. The molecule has 5 nitrogen and oxygen atoms in total. The molecule has 0 fully saturated rings. The van der Waals surface area contributed by atoms with Crippen molar-refractivity contribution < 1.29 is 24.5 Å². The van der Waals surface area contributed by atoms with E-state index in [9.17, 15) is 9.59 Å². The standard InChI is InChI=1S/C14H10O4.C8H8O/c15-13(11-7-3-1-4-8-11)17-18-14(16)12-9-5-2-6-10-12;1-2-7-5-3-4-6-8(7)9/h1-10H;2-6,9H,1H2. The molecule has 136 valence electrons. The number of phenols is 1. The molecule has 0 aliphatic carbocycles. The van der Waals surface area contributed by atoms with Crippen LogP contribution >= 0.6 is 0 Å². The van der Waals surface area contributed by atoms with Gasteiger partial charge in [0.2, 0.25) is 0 Å². The number of carbonyl (C=O) groups excluding carboxylic acids is 2. The molecule has 0 radical (unpaired) electrons. The summed E-state index contributed by atoms with van der Waals surface area (Å²) in [6, 6.07) is 23.7. The maximum atomic E-state index is 11.5. The van der Waals surface area contributed by atoms with Crippen LogP contribution in [0, 0.1) is 0 Å². The van der Waals surface area contributed by atoms with E-state index >= 15 is 0 Å². The van der Waals surface area contributed by atoms with Crippen LogP contribution in [0.15, 0.2) is 91.5 Å². The molecule has 1 N–H and O–H groups in total. The molecular weight excluding hydrogens is 344 g/mol. The largest absolute Gasteiger partial charge is 0.507 e. The van der Waals surface area contributed by atoms with Crippen molar-refractivity contribution in [3.63, 3.8) is 0 Å². The van der Waals surface area contributed by atoms with E-state index in [0.717, 1.165) is 5.56 Å². The smallest absolute Gasteiger partial charge is 0.386 e. The highest BCUT2D eigenvalue weighted by molar-refractivity contribution is 5.92. The van der Waals surface area contributed by atoms with Crippen LogP contribution < -0.4 is 0 Å². The highest BCUT2D eigenvalue weighted by Crippen LogP contribution is 2.15. The minimum atomic E-state index is -0.708. The molecule has 0 heterocycles. The van der Waals surface area contributed by atoms with E-state index in [1.807, 2.05) is 12.1 Å². The summed E-state index contributed by atoms with van der Waals surface area (Å²) in [6.07, 6.45) is 1.62. The van der Waals surface area contributed by atoms with Crippen molar-refractivity contribution in [1.29, 1.82) is 0 Å². The summed E-state index contributed by atoms with van der Waals surface area (Å²) in [5.41, 5.74) is 1.41. The molecule has 0 aliphatic rings. The molecule has 0 amide bonds. The predicted molar refractivity (Wildman–Crippen MR) is 102 cm³/mol. The van der Waals surface area contributed by atoms with Crippen molar-refractivity contribution in [2.24, 2.45) is 0 Å². The van der Waals surface area contributed by atoms with Crippen molar-refractivity contribution in [2.45, 2.75) is 0 Å². The van der Waals surface area contributed by atoms with E-state index < -0.39 is 11.9 Å². The molecule has 0 atom stereocenters. The molecule has 3 rings (SSSR count). The molecule has 0 unspecified atom stereocenters. The fourth-order valence-corrected chi connectivity index (χ4v) is 1.98. The summed E-state index contributed by atoms with van der Waals surface area (Å²) in [7, 11) is 0. The lowest BCUT2D eigenvalue weighted by atomic mass is 10.2. The van der Waals surface area contributed by atoms with Crippen molar-refractivity contribution in [1.82, 2.24) is 0 Å². The summed E-state index contributed by atoms with van der Waals surface area (Å²) in [4.78, 5) is 31.9. The highest BCUT2D eigenvalue weighted by Gasteiger charge is 2.12. The quantitative estimate of drug-likeness (QED) is 0.542. The van der Waals surface area contributed by atoms with Gasteiger partial charge in [-0.05, 0) is 30.3 Å². The van der Waals surface area contributed by atoms with Crippen LogP contribution in [0.1, 0.15) is 26.3 Å².